The Hall–Kier alpha value is -2.01. The van der Waals surface area contributed by atoms with Crippen molar-refractivity contribution in [2.45, 2.75) is 25.2 Å². The van der Waals surface area contributed by atoms with Crippen LogP contribution in [0, 0.1) is 12.7 Å². The molecule has 3 rings (SSSR count). The van der Waals surface area contributed by atoms with E-state index in [2.05, 4.69) is 9.97 Å². The number of aromatic nitrogens is 2. The van der Waals surface area contributed by atoms with Crippen molar-refractivity contribution in [3.05, 3.63) is 63.6 Å². The summed E-state index contributed by atoms with van der Waals surface area (Å²) in [6.07, 6.45) is 1.43. The number of hydrogen-bond acceptors (Lipinski definition) is 3. The van der Waals surface area contributed by atoms with E-state index in [4.69, 9.17) is 4.74 Å². The molecule has 1 aromatic carbocycles. The molecule has 1 saturated heterocycles. The number of ether oxygens (including phenoxy) is 1. The number of nitrogens with one attached hydrogen (secondary N) is 1. The Morgan fingerprint density at radius 3 is 2.52 bits per heavy atom. The van der Waals surface area contributed by atoms with E-state index >= 15 is 0 Å². The van der Waals surface area contributed by atoms with E-state index in [1.807, 2.05) is 30.3 Å². The number of aryl methyl sites for hydroxylation is 1. The molecular weight excluding hydrogens is 271 g/mol. The van der Waals surface area contributed by atoms with Gasteiger partial charge in [-0.2, -0.15) is 4.39 Å². The number of aromatic amines is 1. The van der Waals surface area contributed by atoms with Crippen LogP contribution >= 0.6 is 0 Å². The molecule has 5 heteroatoms. The van der Waals surface area contributed by atoms with Crippen LogP contribution in [0.2, 0.25) is 0 Å². The fraction of sp³-hybridized carbons (Fsp3) is 0.375. The molecule has 21 heavy (non-hydrogen) atoms. The molecule has 0 radical (unpaired) electrons. The number of halogens is 1. The van der Waals surface area contributed by atoms with Crippen LogP contribution in [0.25, 0.3) is 0 Å². The van der Waals surface area contributed by atoms with Gasteiger partial charge in [0, 0.05) is 13.2 Å². The average molecular weight is 288 g/mol. The zero-order valence-corrected chi connectivity index (χ0v) is 11.9. The lowest BCUT2D eigenvalue weighted by Crippen LogP contribution is -2.38. The van der Waals surface area contributed by atoms with Crippen LogP contribution < -0.4 is 5.56 Å². The van der Waals surface area contributed by atoms with Crippen molar-refractivity contribution in [1.82, 2.24) is 9.97 Å². The molecule has 0 unspecified atom stereocenters. The highest BCUT2D eigenvalue weighted by Gasteiger charge is 2.39. The smallest absolute Gasteiger partial charge is 0.287 e. The molecule has 1 aromatic heterocycles. The van der Waals surface area contributed by atoms with Crippen LogP contribution in [0.4, 0.5) is 4.39 Å². The summed E-state index contributed by atoms with van der Waals surface area (Å²) >= 11 is 0. The molecule has 0 amide bonds. The van der Waals surface area contributed by atoms with Crippen LogP contribution in [0.1, 0.15) is 29.9 Å². The van der Waals surface area contributed by atoms with Crippen LogP contribution in [0.3, 0.4) is 0 Å². The van der Waals surface area contributed by atoms with Crippen LogP contribution in [-0.2, 0) is 10.2 Å². The number of hydrogen-bond donors (Lipinski definition) is 1. The maximum atomic E-state index is 13.6. The van der Waals surface area contributed by atoms with E-state index < -0.39 is 16.8 Å². The Morgan fingerprint density at radius 1 is 1.24 bits per heavy atom. The van der Waals surface area contributed by atoms with Crippen LogP contribution in [-0.4, -0.2) is 23.2 Å². The third kappa shape index (κ3) is 2.38. The average Bonchev–Trinajstić information content (AvgIpc) is 2.53. The third-order valence-electron chi connectivity index (χ3n) is 4.15. The minimum atomic E-state index is -0.811. The molecular formula is C16H17FN2O2. The van der Waals surface area contributed by atoms with Crippen molar-refractivity contribution in [3.8, 4) is 0 Å². The van der Waals surface area contributed by atoms with Crippen molar-refractivity contribution in [2.75, 3.05) is 13.2 Å². The summed E-state index contributed by atoms with van der Waals surface area (Å²) in [5, 5.41) is 0. The van der Waals surface area contributed by atoms with Crippen molar-refractivity contribution in [1.29, 1.82) is 0 Å². The van der Waals surface area contributed by atoms with Gasteiger partial charge in [0.25, 0.3) is 5.56 Å². The minimum Gasteiger partial charge on any atom is -0.381 e. The maximum Gasteiger partial charge on any atom is 0.287 e. The van der Waals surface area contributed by atoms with Gasteiger partial charge >= 0.3 is 0 Å². The SMILES string of the molecule is Cc1nc(C2(c3ccccc3)CCOCC2)[nH]c(=O)c1F. The topological polar surface area (TPSA) is 55.0 Å². The maximum absolute atomic E-state index is 13.6. The van der Waals surface area contributed by atoms with E-state index in [1.165, 1.54) is 6.92 Å². The second-order valence-electron chi connectivity index (χ2n) is 5.37. The molecule has 0 bridgehead atoms. The lowest BCUT2D eigenvalue weighted by atomic mass is 9.73. The van der Waals surface area contributed by atoms with Gasteiger partial charge in [0.05, 0.1) is 11.1 Å². The Labute approximate surface area is 122 Å². The van der Waals surface area contributed by atoms with E-state index in [-0.39, 0.29) is 5.69 Å². The Bertz CT molecular complexity index is 691. The van der Waals surface area contributed by atoms with Gasteiger partial charge in [-0.15, -0.1) is 0 Å². The van der Waals surface area contributed by atoms with Gasteiger partial charge in [-0.3, -0.25) is 4.79 Å². The van der Waals surface area contributed by atoms with Crippen molar-refractivity contribution in [2.24, 2.45) is 0 Å². The monoisotopic (exact) mass is 288 g/mol. The molecule has 0 spiro atoms. The van der Waals surface area contributed by atoms with E-state index in [0.29, 0.717) is 31.9 Å². The zero-order chi connectivity index (χ0) is 14.9. The van der Waals surface area contributed by atoms with E-state index in [0.717, 1.165) is 5.56 Å². The Kier molecular flexibility index (Phi) is 3.59. The van der Waals surface area contributed by atoms with Gasteiger partial charge in [-0.05, 0) is 25.3 Å². The van der Waals surface area contributed by atoms with Gasteiger partial charge in [0.15, 0.2) is 0 Å². The lowest BCUT2D eigenvalue weighted by Gasteiger charge is -2.36. The second-order valence-corrected chi connectivity index (χ2v) is 5.37. The van der Waals surface area contributed by atoms with Gasteiger partial charge in [-0.1, -0.05) is 30.3 Å². The zero-order valence-electron chi connectivity index (χ0n) is 11.9. The molecule has 0 atom stereocenters. The minimum absolute atomic E-state index is 0.135. The molecule has 1 N–H and O–H groups in total. The molecule has 1 fully saturated rings. The van der Waals surface area contributed by atoms with Gasteiger partial charge < -0.3 is 9.72 Å². The number of benzene rings is 1. The fourth-order valence-corrected chi connectivity index (χ4v) is 2.94. The standard InChI is InChI=1S/C16H17FN2O2/c1-11-13(17)14(20)19-15(18-11)16(7-9-21-10-8-16)12-5-3-2-4-6-12/h2-6H,7-10H2,1H3,(H,18,19,20). The first-order chi connectivity index (χ1) is 10.1. The van der Waals surface area contributed by atoms with Gasteiger partial charge in [0.2, 0.25) is 5.82 Å². The predicted molar refractivity (Wildman–Crippen MR) is 76.8 cm³/mol. The van der Waals surface area contributed by atoms with E-state index in [1.54, 1.807) is 0 Å². The van der Waals surface area contributed by atoms with Crippen LogP contribution in [0.5, 0.6) is 0 Å². The molecule has 0 saturated carbocycles. The highest BCUT2D eigenvalue weighted by atomic mass is 19.1. The highest BCUT2D eigenvalue weighted by Crippen LogP contribution is 2.39. The number of H-pyrrole nitrogens is 1. The summed E-state index contributed by atoms with van der Waals surface area (Å²) in [6, 6.07) is 9.90. The first-order valence-corrected chi connectivity index (χ1v) is 7.04. The largest absolute Gasteiger partial charge is 0.381 e. The summed E-state index contributed by atoms with van der Waals surface area (Å²) in [6.45, 7) is 2.70. The Morgan fingerprint density at radius 2 is 1.90 bits per heavy atom. The lowest BCUT2D eigenvalue weighted by molar-refractivity contribution is 0.0602. The molecule has 110 valence electrons. The van der Waals surface area contributed by atoms with E-state index in [9.17, 15) is 9.18 Å². The molecule has 4 nitrogen and oxygen atoms in total. The summed E-state index contributed by atoms with van der Waals surface area (Å²) in [7, 11) is 0. The highest BCUT2D eigenvalue weighted by molar-refractivity contribution is 5.34. The van der Waals surface area contributed by atoms with Crippen LogP contribution in [0.15, 0.2) is 35.1 Å². The quantitative estimate of drug-likeness (QED) is 0.922. The summed E-state index contributed by atoms with van der Waals surface area (Å²) < 4.78 is 19.0. The van der Waals surface area contributed by atoms with Crippen molar-refractivity contribution in [3.63, 3.8) is 0 Å². The molecule has 0 aliphatic carbocycles. The Balaban J connectivity index is 2.19. The molecule has 1 aliphatic heterocycles. The molecule has 1 aliphatic rings. The summed E-state index contributed by atoms with van der Waals surface area (Å²) in [5.41, 5.74) is 0.0780. The number of nitrogens with zero attached hydrogens (tertiary/aromatic N) is 1. The molecule has 2 aromatic rings. The summed E-state index contributed by atoms with van der Waals surface area (Å²) in [5.74, 6) is -0.282. The predicted octanol–water partition coefficient (Wildman–Crippen LogP) is 2.31. The third-order valence-corrected chi connectivity index (χ3v) is 4.15. The first-order valence-electron chi connectivity index (χ1n) is 7.04. The molecule has 2 heterocycles. The van der Waals surface area contributed by atoms with Gasteiger partial charge in [0.1, 0.15) is 5.82 Å². The van der Waals surface area contributed by atoms with Crippen molar-refractivity contribution >= 4 is 0 Å². The van der Waals surface area contributed by atoms with Gasteiger partial charge in [-0.25, -0.2) is 4.98 Å². The normalized spacial score (nSPS) is 17.6. The van der Waals surface area contributed by atoms with Crippen molar-refractivity contribution < 1.29 is 9.13 Å². The summed E-state index contributed by atoms with van der Waals surface area (Å²) in [4.78, 5) is 18.7. The second kappa shape index (κ2) is 5.41. The number of rotatable bonds is 2. The first kappa shape index (κ1) is 13.9. The fourth-order valence-electron chi connectivity index (χ4n) is 2.94.